The van der Waals surface area contributed by atoms with Gasteiger partial charge in [-0.25, -0.2) is 4.98 Å². The summed E-state index contributed by atoms with van der Waals surface area (Å²) in [6, 6.07) is 7.28. The Morgan fingerprint density at radius 1 is 1.11 bits per heavy atom. The Balaban J connectivity index is 2.25. The van der Waals surface area contributed by atoms with E-state index in [1.54, 1.807) is 18.2 Å². The summed E-state index contributed by atoms with van der Waals surface area (Å²) < 4.78 is 40.6. The van der Waals surface area contributed by atoms with Gasteiger partial charge in [0.05, 0.1) is 18.6 Å². The highest BCUT2D eigenvalue weighted by molar-refractivity contribution is 6.28. The predicted molar refractivity (Wildman–Crippen MR) is 97.7 cm³/mol. The maximum absolute atomic E-state index is 13.5. The summed E-state index contributed by atoms with van der Waals surface area (Å²) in [5.41, 5.74) is 0.129. The van der Waals surface area contributed by atoms with Crippen LogP contribution < -0.4 is 5.32 Å². The number of halogens is 4. The fourth-order valence-electron chi connectivity index (χ4n) is 2.77. The number of aromatic nitrogens is 3. The lowest BCUT2D eigenvalue weighted by molar-refractivity contribution is -0.150. The van der Waals surface area contributed by atoms with Gasteiger partial charge in [-0.3, -0.25) is 0 Å². The SMILES string of the molecule is CC(C)C[C@H](CO)Nc1nc(Cl)nc(CC(c2ccccc2)C(F)(F)F)n1. The van der Waals surface area contributed by atoms with Crippen molar-refractivity contribution in [3.05, 3.63) is 47.0 Å². The van der Waals surface area contributed by atoms with Crippen molar-refractivity contribution in [1.82, 2.24) is 15.0 Å². The standard InChI is InChI=1S/C18H22ClF3N4O/c1-11(2)8-13(10-27)23-17-25-15(24-16(19)26-17)9-14(18(20,21)22)12-6-4-3-5-7-12/h3-7,11,13-14,27H,8-10H2,1-2H3,(H,23,24,25,26)/t13-,14?/m1/s1. The minimum atomic E-state index is -4.46. The van der Waals surface area contributed by atoms with Crippen molar-refractivity contribution in [3.8, 4) is 0 Å². The number of rotatable bonds is 8. The predicted octanol–water partition coefficient (Wildman–Crippen LogP) is 4.23. The highest BCUT2D eigenvalue weighted by atomic mass is 35.5. The number of hydrogen-bond donors (Lipinski definition) is 2. The molecule has 5 nitrogen and oxygen atoms in total. The third-order valence-electron chi connectivity index (χ3n) is 3.95. The van der Waals surface area contributed by atoms with Crippen molar-refractivity contribution in [2.24, 2.45) is 5.92 Å². The molecule has 0 saturated carbocycles. The van der Waals surface area contributed by atoms with E-state index < -0.39 is 18.5 Å². The second kappa shape index (κ2) is 9.32. The highest BCUT2D eigenvalue weighted by Crippen LogP contribution is 2.37. The largest absolute Gasteiger partial charge is 0.396 e. The second-order valence-electron chi connectivity index (χ2n) is 6.71. The molecule has 0 saturated heterocycles. The monoisotopic (exact) mass is 402 g/mol. The van der Waals surface area contributed by atoms with E-state index in [0.717, 1.165) is 0 Å². The van der Waals surface area contributed by atoms with Crippen LogP contribution in [0.3, 0.4) is 0 Å². The Morgan fingerprint density at radius 2 is 1.78 bits per heavy atom. The van der Waals surface area contributed by atoms with Gasteiger partial charge in [0.1, 0.15) is 5.82 Å². The second-order valence-corrected chi connectivity index (χ2v) is 7.04. The minimum Gasteiger partial charge on any atom is -0.394 e. The van der Waals surface area contributed by atoms with Gasteiger partial charge in [-0.1, -0.05) is 44.2 Å². The molecule has 1 aromatic carbocycles. The number of nitrogens with one attached hydrogen (secondary N) is 1. The number of alkyl halides is 3. The molecule has 0 aliphatic carbocycles. The van der Waals surface area contributed by atoms with Crippen molar-refractivity contribution in [3.63, 3.8) is 0 Å². The van der Waals surface area contributed by atoms with E-state index >= 15 is 0 Å². The number of aliphatic hydroxyl groups excluding tert-OH is 1. The quantitative estimate of drug-likeness (QED) is 0.691. The smallest absolute Gasteiger partial charge is 0.394 e. The van der Waals surface area contributed by atoms with Gasteiger partial charge in [0.2, 0.25) is 11.2 Å². The van der Waals surface area contributed by atoms with Gasteiger partial charge in [-0.2, -0.15) is 23.1 Å². The molecule has 2 aromatic rings. The summed E-state index contributed by atoms with van der Waals surface area (Å²) in [5.74, 6) is -1.46. The van der Waals surface area contributed by atoms with Crippen LogP contribution in [0.25, 0.3) is 0 Å². The average Bonchev–Trinajstić information content (AvgIpc) is 2.58. The van der Waals surface area contributed by atoms with E-state index in [2.05, 4.69) is 20.3 Å². The molecule has 2 atom stereocenters. The van der Waals surface area contributed by atoms with Crippen LogP contribution in [-0.2, 0) is 6.42 Å². The molecule has 0 aliphatic heterocycles. The van der Waals surface area contributed by atoms with Gasteiger partial charge in [0.25, 0.3) is 0 Å². The molecule has 2 N–H and O–H groups in total. The van der Waals surface area contributed by atoms with Gasteiger partial charge < -0.3 is 10.4 Å². The summed E-state index contributed by atoms with van der Waals surface area (Å²) in [6.07, 6.45) is -4.28. The zero-order valence-electron chi connectivity index (χ0n) is 15.0. The molecule has 1 unspecified atom stereocenters. The number of aliphatic hydroxyl groups is 1. The summed E-state index contributed by atoms with van der Waals surface area (Å²) in [5, 5.41) is 12.2. The Labute approximate surface area is 161 Å². The molecule has 2 rings (SSSR count). The first-order valence-corrected chi connectivity index (χ1v) is 8.96. The molecule has 0 fully saturated rings. The van der Waals surface area contributed by atoms with E-state index in [4.69, 9.17) is 11.6 Å². The normalized spacial score (nSPS) is 14.2. The highest BCUT2D eigenvalue weighted by Gasteiger charge is 2.41. The van der Waals surface area contributed by atoms with Gasteiger partial charge in [-0.05, 0) is 29.5 Å². The van der Waals surface area contributed by atoms with Crippen LogP contribution in [0, 0.1) is 5.92 Å². The number of benzene rings is 1. The van der Waals surface area contributed by atoms with E-state index in [-0.39, 0.29) is 35.3 Å². The summed E-state index contributed by atoms with van der Waals surface area (Å²) in [7, 11) is 0. The first-order chi connectivity index (χ1) is 12.7. The molecule has 1 aromatic heterocycles. The van der Waals surface area contributed by atoms with Crippen molar-refractivity contribution in [2.75, 3.05) is 11.9 Å². The third kappa shape index (κ3) is 6.62. The first kappa shape index (κ1) is 21.4. The van der Waals surface area contributed by atoms with Gasteiger partial charge in [0.15, 0.2) is 0 Å². The van der Waals surface area contributed by atoms with Crippen molar-refractivity contribution in [2.45, 2.75) is 44.8 Å². The minimum absolute atomic E-state index is 0.0543. The van der Waals surface area contributed by atoms with Crippen molar-refractivity contribution in [1.29, 1.82) is 0 Å². The Hall–Kier alpha value is -1.93. The average molecular weight is 403 g/mol. The fourth-order valence-corrected chi connectivity index (χ4v) is 2.95. The van der Waals surface area contributed by atoms with Gasteiger partial charge in [-0.15, -0.1) is 0 Å². The van der Waals surface area contributed by atoms with Crippen LogP contribution in [0.5, 0.6) is 0 Å². The lowest BCUT2D eigenvalue weighted by atomic mass is 9.95. The molecule has 0 spiro atoms. The maximum atomic E-state index is 13.5. The molecule has 0 radical (unpaired) electrons. The van der Waals surface area contributed by atoms with Gasteiger partial charge >= 0.3 is 6.18 Å². The Morgan fingerprint density at radius 3 is 2.33 bits per heavy atom. The zero-order valence-corrected chi connectivity index (χ0v) is 15.8. The Kier molecular flexibility index (Phi) is 7.38. The molecule has 1 heterocycles. The molecule has 0 aliphatic rings. The summed E-state index contributed by atoms with van der Waals surface area (Å²) in [4.78, 5) is 11.8. The molecular weight excluding hydrogens is 381 g/mol. The maximum Gasteiger partial charge on any atom is 0.396 e. The molecule has 0 amide bonds. The lowest BCUT2D eigenvalue weighted by Gasteiger charge is -2.21. The molecule has 148 valence electrons. The van der Waals surface area contributed by atoms with Crippen LogP contribution >= 0.6 is 11.6 Å². The van der Waals surface area contributed by atoms with Crippen molar-refractivity contribution < 1.29 is 18.3 Å². The molecule has 0 bridgehead atoms. The van der Waals surface area contributed by atoms with E-state index in [9.17, 15) is 18.3 Å². The number of nitrogens with zero attached hydrogens (tertiary/aromatic N) is 3. The third-order valence-corrected chi connectivity index (χ3v) is 4.12. The van der Waals surface area contributed by atoms with Crippen LogP contribution in [0.15, 0.2) is 30.3 Å². The van der Waals surface area contributed by atoms with Crippen LogP contribution in [0.2, 0.25) is 5.28 Å². The van der Waals surface area contributed by atoms with Crippen LogP contribution in [0.4, 0.5) is 19.1 Å². The number of hydrogen-bond acceptors (Lipinski definition) is 5. The van der Waals surface area contributed by atoms with Crippen molar-refractivity contribution >= 4 is 17.5 Å². The summed E-state index contributed by atoms with van der Waals surface area (Å²) >= 11 is 5.88. The number of anilines is 1. The van der Waals surface area contributed by atoms with Crippen LogP contribution in [0.1, 0.15) is 37.6 Å². The molecule has 27 heavy (non-hydrogen) atoms. The topological polar surface area (TPSA) is 70.9 Å². The molecule has 9 heteroatoms. The van der Waals surface area contributed by atoms with E-state index in [0.29, 0.717) is 12.3 Å². The zero-order chi connectivity index (χ0) is 20.0. The fraction of sp³-hybridized carbons (Fsp3) is 0.500. The lowest BCUT2D eigenvalue weighted by Crippen LogP contribution is -2.28. The summed E-state index contributed by atoms with van der Waals surface area (Å²) in [6.45, 7) is 3.82. The van der Waals surface area contributed by atoms with E-state index in [1.807, 2.05) is 13.8 Å². The Bertz CT molecular complexity index is 728. The van der Waals surface area contributed by atoms with Gasteiger partial charge in [0, 0.05) is 6.42 Å². The first-order valence-electron chi connectivity index (χ1n) is 8.58. The molecular formula is C18H22ClF3N4O. The van der Waals surface area contributed by atoms with E-state index in [1.165, 1.54) is 12.1 Å². The van der Waals surface area contributed by atoms with Crippen LogP contribution in [-0.4, -0.2) is 38.9 Å².